The molecule has 0 saturated carbocycles. The van der Waals surface area contributed by atoms with Gasteiger partial charge in [-0.3, -0.25) is 4.79 Å². The molecule has 6 nitrogen and oxygen atoms in total. The van der Waals surface area contributed by atoms with Crippen molar-refractivity contribution in [1.82, 2.24) is 14.9 Å². The fraction of sp³-hybridized carbons (Fsp3) is 0.227. The van der Waals surface area contributed by atoms with Crippen LogP contribution >= 0.6 is 0 Å². The summed E-state index contributed by atoms with van der Waals surface area (Å²) in [5.74, 6) is 1.69. The van der Waals surface area contributed by atoms with Crippen molar-refractivity contribution >= 4 is 11.7 Å². The van der Waals surface area contributed by atoms with Crippen LogP contribution in [0.1, 0.15) is 10.4 Å². The minimum Gasteiger partial charge on any atom is -0.497 e. The number of anilines is 1. The number of nitrogens with zero attached hydrogens (tertiary/aromatic N) is 4. The Morgan fingerprint density at radius 1 is 0.929 bits per heavy atom. The van der Waals surface area contributed by atoms with Gasteiger partial charge in [0.2, 0.25) is 0 Å². The minimum absolute atomic E-state index is 0.0509. The third-order valence-electron chi connectivity index (χ3n) is 4.95. The van der Waals surface area contributed by atoms with Gasteiger partial charge in [0.05, 0.1) is 12.8 Å². The highest BCUT2D eigenvalue weighted by atomic mass is 16.5. The molecule has 28 heavy (non-hydrogen) atoms. The predicted molar refractivity (Wildman–Crippen MR) is 109 cm³/mol. The molecule has 2 heterocycles. The summed E-state index contributed by atoms with van der Waals surface area (Å²) in [7, 11) is 1.62. The lowest BCUT2D eigenvalue weighted by atomic mass is 10.1. The van der Waals surface area contributed by atoms with Crippen molar-refractivity contribution in [2.24, 2.45) is 0 Å². The van der Waals surface area contributed by atoms with Crippen LogP contribution in [0, 0.1) is 0 Å². The molecule has 0 spiro atoms. The summed E-state index contributed by atoms with van der Waals surface area (Å²) in [6.45, 7) is 2.81. The highest BCUT2D eigenvalue weighted by molar-refractivity contribution is 5.94. The first-order valence-electron chi connectivity index (χ1n) is 9.30. The van der Waals surface area contributed by atoms with Crippen LogP contribution < -0.4 is 9.64 Å². The third-order valence-corrected chi connectivity index (χ3v) is 4.95. The number of carbonyl (C=O) groups is 1. The highest BCUT2D eigenvalue weighted by Gasteiger charge is 2.23. The van der Waals surface area contributed by atoms with E-state index in [0.29, 0.717) is 18.7 Å². The summed E-state index contributed by atoms with van der Waals surface area (Å²) in [4.78, 5) is 25.6. The van der Waals surface area contributed by atoms with Gasteiger partial charge in [-0.25, -0.2) is 9.97 Å². The van der Waals surface area contributed by atoms with Gasteiger partial charge in [0.25, 0.3) is 5.91 Å². The molecule has 1 fully saturated rings. The molecule has 1 amide bonds. The van der Waals surface area contributed by atoms with E-state index in [0.717, 1.165) is 35.9 Å². The second-order valence-electron chi connectivity index (χ2n) is 6.64. The highest BCUT2D eigenvalue weighted by Crippen LogP contribution is 2.22. The number of piperazine rings is 1. The largest absolute Gasteiger partial charge is 0.497 e. The number of rotatable bonds is 4. The van der Waals surface area contributed by atoms with Crippen LogP contribution in [-0.4, -0.2) is 54.1 Å². The Kier molecular flexibility index (Phi) is 5.19. The molecular formula is C22H22N4O2. The quantitative estimate of drug-likeness (QED) is 0.702. The summed E-state index contributed by atoms with van der Waals surface area (Å²) in [6.07, 6.45) is 1.60. The van der Waals surface area contributed by atoms with E-state index in [4.69, 9.17) is 4.74 Å². The van der Waals surface area contributed by atoms with Gasteiger partial charge in [-0.05, 0) is 24.3 Å². The number of amides is 1. The predicted octanol–water partition coefficient (Wildman–Crippen LogP) is 3.11. The van der Waals surface area contributed by atoms with E-state index >= 15 is 0 Å². The molecule has 4 rings (SSSR count). The van der Waals surface area contributed by atoms with Crippen molar-refractivity contribution in [2.75, 3.05) is 38.2 Å². The molecule has 1 aromatic heterocycles. The van der Waals surface area contributed by atoms with Gasteiger partial charge in [-0.1, -0.05) is 30.3 Å². The maximum Gasteiger partial charge on any atom is 0.253 e. The molecule has 1 aliphatic heterocycles. The van der Waals surface area contributed by atoms with Gasteiger partial charge in [0.1, 0.15) is 17.9 Å². The minimum atomic E-state index is 0.0509. The van der Waals surface area contributed by atoms with Crippen molar-refractivity contribution in [1.29, 1.82) is 0 Å². The fourth-order valence-corrected chi connectivity index (χ4v) is 3.34. The number of hydrogen-bond donors (Lipinski definition) is 0. The second kappa shape index (κ2) is 8.08. The summed E-state index contributed by atoms with van der Waals surface area (Å²) in [5, 5.41) is 0. The number of hydrogen-bond acceptors (Lipinski definition) is 5. The number of carbonyl (C=O) groups excluding carboxylic acids is 1. The molecule has 0 unspecified atom stereocenters. The lowest BCUT2D eigenvalue weighted by Gasteiger charge is -2.35. The summed E-state index contributed by atoms with van der Waals surface area (Å²) in [6, 6.07) is 19.3. The Morgan fingerprint density at radius 2 is 1.64 bits per heavy atom. The van der Waals surface area contributed by atoms with Crippen LogP contribution in [-0.2, 0) is 0 Å². The van der Waals surface area contributed by atoms with Crippen molar-refractivity contribution in [3.05, 3.63) is 72.6 Å². The Morgan fingerprint density at radius 3 is 2.32 bits per heavy atom. The summed E-state index contributed by atoms with van der Waals surface area (Å²) >= 11 is 0. The smallest absolute Gasteiger partial charge is 0.253 e. The topological polar surface area (TPSA) is 58.6 Å². The Labute approximate surface area is 164 Å². The monoisotopic (exact) mass is 374 g/mol. The lowest BCUT2D eigenvalue weighted by Crippen LogP contribution is -2.49. The molecule has 2 aromatic carbocycles. The van der Waals surface area contributed by atoms with Gasteiger partial charge < -0.3 is 14.5 Å². The van der Waals surface area contributed by atoms with E-state index in [1.807, 2.05) is 65.6 Å². The SMILES string of the molecule is COc1ccc(C(=O)N2CCN(c3cc(-c4ccccc4)ncn3)CC2)cc1. The molecule has 1 aliphatic rings. The Hall–Kier alpha value is -3.41. The zero-order chi connectivity index (χ0) is 19.3. The first-order valence-corrected chi connectivity index (χ1v) is 9.30. The first kappa shape index (κ1) is 18.0. The molecular weight excluding hydrogens is 352 g/mol. The van der Waals surface area contributed by atoms with Crippen LogP contribution in [0.3, 0.4) is 0 Å². The molecule has 0 atom stereocenters. The Bertz CT molecular complexity index is 936. The van der Waals surface area contributed by atoms with Crippen LogP contribution in [0.5, 0.6) is 5.75 Å². The van der Waals surface area contributed by atoms with E-state index in [9.17, 15) is 4.79 Å². The van der Waals surface area contributed by atoms with Gasteiger partial charge in [-0.2, -0.15) is 0 Å². The standard InChI is InChI=1S/C22H22N4O2/c1-28-19-9-7-18(8-10-19)22(27)26-13-11-25(12-14-26)21-15-20(23-16-24-21)17-5-3-2-4-6-17/h2-10,15-16H,11-14H2,1H3. The van der Waals surface area contributed by atoms with Crippen molar-refractivity contribution < 1.29 is 9.53 Å². The molecule has 0 N–H and O–H groups in total. The first-order chi connectivity index (χ1) is 13.7. The second-order valence-corrected chi connectivity index (χ2v) is 6.64. The van der Waals surface area contributed by atoms with Crippen LogP contribution in [0.4, 0.5) is 5.82 Å². The van der Waals surface area contributed by atoms with Crippen LogP contribution in [0.25, 0.3) is 11.3 Å². The molecule has 0 aliphatic carbocycles. The number of benzene rings is 2. The van der Waals surface area contributed by atoms with Gasteiger partial charge in [0, 0.05) is 43.4 Å². The zero-order valence-corrected chi connectivity index (χ0v) is 15.8. The zero-order valence-electron chi connectivity index (χ0n) is 15.8. The molecule has 0 radical (unpaired) electrons. The third kappa shape index (κ3) is 3.81. The van der Waals surface area contributed by atoms with Gasteiger partial charge in [-0.15, -0.1) is 0 Å². The van der Waals surface area contributed by atoms with E-state index in [2.05, 4.69) is 14.9 Å². The normalized spacial score (nSPS) is 14.0. The average molecular weight is 374 g/mol. The van der Waals surface area contributed by atoms with Crippen molar-refractivity contribution in [3.8, 4) is 17.0 Å². The molecule has 1 saturated heterocycles. The summed E-state index contributed by atoms with van der Waals surface area (Å²) < 4.78 is 5.16. The van der Waals surface area contributed by atoms with Crippen LogP contribution in [0.15, 0.2) is 67.0 Å². The Balaban J connectivity index is 1.42. The van der Waals surface area contributed by atoms with Gasteiger partial charge in [0.15, 0.2) is 0 Å². The number of ether oxygens (including phenoxy) is 1. The van der Waals surface area contributed by atoms with Crippen molar-refractivity contribution in [3.63, 3.8) is 0 Å². The molecule has 6 heteroatoms. The van der Waals surface area contributed by atoms with Crippen LogP contribution in [0.2, 0.25) is 0 Å². The van der Waals surface area contributed by atoms with E-state index in [-0.39, 0.29) is 5.91 Å². The summed E-state index contributed by atoms with van der Waals surface area (Å²) in [5.41, 5.74) is 2.66. The molecule has 3 aromatic rings. The van der Waals surface area contributed by atoms with Gasteiger partial charge >= 0.3 is 0 Å². The number of aromatic nitrogens is 2. The van der Waals surface area contributed by atoms with Crippen molar-refractivity contribution in [2.45, 2.75) is 0 Å². The average Bonchev–Trinajstić information content (AvgIpc) is 2.79. The van der Waals surface area contributed by atoms with E-state index < -0.39 is 0 Å². The molecule has 0 bridgehead atoms. The lowest BCUT2D eigenvalue weighted by molar-refractivity contribution is 0.0746. The fourth-order valence-electron chi connectivity index (χ4n) is 3.34. The maximum atomic E-state index is 12.7. The van der Waals surface area contributed by atoms with E-state index in [1.54, 1.807) is 13.4 Å². The van der Waals surface area contributed by atoms with E-state index in [1.165, 1.54) is 0 Å². The number of methoxy groups -OCH3 is 1. The molecule has 142 valence electrons. The maximum absolute atomic E-state index is 12.7.